The van der Waals surface area contributed by atoms with Crippen LogP contribution in [-0.4, -0.2) is 215 Å². The summed E-state index contributed by atoms with van der Waals surface area (Å²) in [7, 11) is 4.58. The maximum absolute atomic E-state index is 14.5. The fraction of sp³-hybridized carbons (Fsp3) is 0.448. The molecule has 6 heterocycles. The van der Waals surface area contributed by atoms with Gasteiger partial charge in [-0.3, -0.25) is 33.6 Å². The van der Waals surface area contributed by atoms with Gasteiger partial charge in [-0.15, -0.1) is 5.10 Å². The Hall–Kier alpha value is -11.6. The molecule has 31 heteroatoms. The highest BCUT2D eigenvalue weighted by Crippen LogP contribution is 2.57. The van der Waals surface area contributed by atoms with E-state index in [0.717, 1.165) is 68.4 Å². The number of carbonyl (C=O) groups is 8. The van der Waals surface area contributed by atoms with Crippen molar-refractivity contribution in [2.24, 2.45) is 11.3 Å². The molecule has 8 amide bonds. The van der Waals surface area contributed by atoms with Crippen molar-refractivity contribution in [2.45, 2.75) is 136 Å². The molecule has 6 aliphatic rings. The van der Waals surface area contributed by atoms with Crippen molar-refractivity contribution in [1.29, 1.82) is 0 Å². The predicted octanol–water partition coefficient (Wildman–Crippen LogP) is 9.70. The van der Waals surface area contributed by atoms with E-state index in [4.69, 9.17) is 47.4 Å². The van der Waals surface area contributed by atoms with Crippen molar-refractivity contribution in [2.75, 3.05) is 127 Å². The lowest BCUT2D eigenvalue weighted by atomic mass is 9.95. The number of benzene rings is 6. The van der Waals surface area contributed by atoms with E-state index >= 15 is 0 Å². The summed E-state index contributed by atoms with van der Waals surface area (Å²) in [6.07, 6.45) is 2.99. The Morgan fingerprint density at radius 1 is 0.644 bits per heavy atom. The molecule has 0 bridgehead atoms. The molecule has 6 N–H and O–H groups in total. The molecule has 5 aliphatic heterocycles. The summed E-state index contributed by atoms with van der Waals surface area (Å²) in [5.74, 6) is -0.763. The number of para-hydroxylation sites is 1. The lowest BCUT2D eigenvalue weighted by molar-refractivity contribution is -0.132. The molecule has 5 atom stereocenters. The van der Waals surface area contributed by atoms with Gasteiger partial charge in [0.2, 0.25) is 29.5 Å². The second-order valence-electron chi connectivity index (χ2n) is 30.7. The van der Waals surface area contributed by atoms with Crippen LogP contribution < -0.4 is 60.1 Å². The summed E-state index contributed by atoms with van der Waals surface area (Å²) in [5, 5.41) is 35.9. The van der Waals surface area contributed by atoms with Gasteiger partial charge in [0, 0.05) is 86.5 Å². The molecule has 1 aromatic heterocycles. The number of aromatic nitrogens is 3. The number of ether oxygens (including phenoxy) is 10. The van der Waals surface area contributed by atoms with Crippen molar-refractivity contribution < 1.29 is 90.8 Å². The summed E-state index contributed by atoms with van der Waals surface area (Å²) in [6.45, 7) is 12.5. The molecule has 6 aromatic carbocycles. The number of hydrogen-bond donors (Lipinski definition) is 6. The highest BCUT2D eigenvalue weighted by atomic mass is 16.6. The molecule has 13 rings (SSSR count). The quantitative estimate of drug-likeness (QED) is 0.0197. The van der Waals surface area contributed by atoms with Crippen LogP contribution in [0.4, 0.5) is 27.5 Å². The number of hydrogen-bond acceptors (Lipinski definition) is 22. The fourth-order valence-corrected chi connectivity index (χ4v) is 15.3. The largest absolute Gasteiger partial charge is 0.497 e. The smallest absolute Gasteiger partial charge is 0.416 e. The highest BCUT2D eigenvalue weighted by Gasteiger charge is 2.58. The van der Waals surface area contributed by atoms with Gasteiger partial charge in [-0.25, -0.2) is 14.4 Å². The molecule has 1 saturated heterocycles. The molecular weight excluding hydrogens is 1520 g/mol. The van der Waals surface area contributed by atoms with E-state index in [1.165, 1.54) is 33.3 Å². The van der Waals surface area contributed by atoms with E-state index in [1.54, 1.807) is 72.1 Å². The van der Waals surface area contributed by atoms with Gasteiger partial charge < -0.3 is 93.8 Å². The summed E-state index contributed by atoms with van der Waals surface area (Å²) in [5.41, 5.74) is 9.18. The van der Waals surface area contributed by atoms with Crippen molar-refractivity contribution in [3.8, 4) is 51.3 Å². The van der Waals surface area contributed by atoms with Crippen LogP contribution in [0.5, 0.6) is 28.7 Å². The minimum Gasteiger partial charge on any atom is -0.497 e. The zero-order valence-corrected chi connectivity index (χ0v) is 67.9. The molecule has 118 heavy (non-hydrogen) atoms. The molecule has 626 valence electrons. The number of nitrogens with one attached hydrogen (secondary N) is 5. The minimum absolute atomic E-state index is 0.0306. The maximum atomic E-state index is 14.5. The SMILES string of the molecule is COc1ccc(C2=CN3C(=O)c4cc(OC)c(OCCCOc5cc6c(cc5OC)C(=O)N5CC7(CC7)C[C@H]5[C@H](O)N6C(=O)OCc5ccc(NC(=O)[C@H](C)NC(=O)[C@@H](NC(=O)CCOCCOCCOCCOCCC(=O)NCCC(=O)N6Cc7ccccc7-c7nnn(C(C)C)c7-c7ccccc76)C(C)C)cc5)cc4NC[C@@H]3C2)cc1. The number of aliphatic hydroxyl groups is 1. The highest BCUT2D eigenvalue weighted by molar-refractivity contribution is 6.07. The summed E-state index contributed by atoms with van der Waals surface area (Å²) in [6, 6.07) is 33.6. The van der Waals surface area contributed by atoms with E-state index in [9.17, 15) is 43.5 Å². The van der Waals surface area contributed by atoms with Crippen LogP contribution in [0.2, 0.25) is 0 Å². The average molecular weight is 1620 g/mol. The van der Waals surface area contributed by atoms with E-state index in [1.807, 2.05) is 97.5 Å². The van der Waals surface area contributed by atoms with Gasteiger partial charge in [0.05, 0.1) is 140 Å². The van der Waals surface area contributed by atoms with E-state index in [2.05, 4.69) is 36.9 Å². The molecule has 1 spiro atoms. The van der Waals surface area contributed by atoms with Crippen LogP contribution in [0.3, 0.4) is 0 Å². The molecule has 1 aliphatic carbocycles. The van der Waals surface area contributed by atoms with Crippen LogP contribution in [0.15, 0.2) is 128 Å². The van der Waals surface area contributed by atoms with Gasteiger partial charge in [-0.05, 0) is 123 Å². The Morgan fingerprint density at radius 3 is 1.95 bits per heavy atom. The summed E-state index contributed by atoms with van der Waals surface area (Å²) >= 11 is 0. The number of methoxy groups -OCH3 is 3. The van der Waals surface area contributed by atoms with Gasteiger partial charge >= 0.3 is 6.09 Å². The molecule has 1 saturated carbocycles. The Kier molecular flexibility index (Phi) is 27.6. The Balaban J connectivity index is 0.498. The monoisotopic (exact) mass is 1620 g/mol. The van der Waals surface area contributed by atoms with Gasteiger partial charge in [0.25, 0.3) is 11.8 Å². The Bertz CT molecular complexity index is 4820. The first-order chi connectivity index (χ1) is 57.1. The van der Waals surface area contributed by atoms with E-state index < -0.39 is 48.2 Å². The molecule has 0 unspecified atom stereocenters. The first-order valence-corrected chi connectivity index (χ1v) is 40.2. The molecular formula is C87H104N12O19. The second kappa shape index (κ2) is 38.6. The number of carbonyl (C=O) groups excluding carboxylic acids is 8. The number of rotatable bonds is 37. The van der Waals surface area contributed by atoms with Crippen molar-refractivity contribution in [3.05, 3.63) is 155 Å². The number of fused-ring (bicyclic) bond motifs is 9. The lowest BCUT2D eigenvalue weighted by Gasteiger charge is -2.31. The zero-order valence-electron chi connectivity index (χ0n) is 67.9. The van der Waals surface area contributed by atoms with Crippen molar-refractivity contribution in [1.82, 2.24) is 40.7 Å². The van der Waals surface area contributed by atoms with Gasteiger partial charge in [0.15, 0.2) is 29.2 Å². The zero-order chi connectivity index (χ0) is 83.2. The number of nitrogens with zero attached hydrogens (tertiary/aromatic N) is 7. The van der Waals surface area contributed by atoms with E-state index in [-0.39, 0.29) is 162 Å². The minimum atomic E-state index is -1.49. The normalized spacial score (nSPS) is 17.1. The Labute approximate surface area is 685 Å². The summed E-state index contributed by atoms with van der Waals surface area (Å²) in [4.78, 5) is 116. The van der Waals surface area contributed by atoms with Gasteiger partial charge in [-0.1, -0.05) is 85.8 Å². The third kappa shape index (κ3) is 19.8. The van der Waals surface area contributed by atoms with E-state index in [0.29, 0.717) is 79.5 Å². The van der Waals surface area contributed by atoms with Crippen LogP contribution in [0, 0.1) is 11.3 Å². The lowest BCUT2D eigenvalue weighted by Crippen LogP contribution is -2.53. The Morgan fingerprint density at radius 2 is 1.29 bits per heavy atom. The number of amides is 8. The predicted molar refractivity (Wildman–Crippen MR) is 437 cm³/mol. The molecule has 0 radical (unpaired) electrons. The van der Waals surface area contributed by atoms with Crippen LogP contribution >= 0.6 is 0 Å². The van der Waals surface area contributed by atoms with Crippen molar-refractivity contribution in [3.63, 3.8) is 0 Å². The number of aliphatic hydroxyl groups excluding tert-OH is 1. The average Bonchev–Trinajstić information content (AvgIpc) is 1.56. The maximum Gasteiger partial charge on any atom is 0.416 e. The molecule has 2 fully saturated rings. The number of anilines is 4. The van der Waals surface area contributed by atoms with Crippen molar-refractivity contribution >= 4 is 75.8 Å². The second-order valence-corrected chi connectivity index (χ2v) is 30.7. The van der Waals surface area contributed by atoms with Gasteiger partial charge in [0.1, 0.15) is 30.1 Å². The topological polar surface area (TPSA) is 353 Å². The third-order valence-corrected chi connectivity index (χ3v) is 21.9. The summed E-state index contributed by atoms with van der Waals surface area (Å²) < 4.78 is 59.6. The standard InChI is InChI=1S/C87H104N12O19/c1-53(2)78(92-76(101)28-35-113-37-39-115-41-40-114-38-36-112-34-27-75(100)88-31-26-77(102)96-49-58-14-9-10-15-63(58)79-80(99(54(3)4)94-93-79)64-16-11-12-17-68(64)96)82(104)90-55(5)81(103)91-60-22-18-56(19-23-60)51-118-86(108)98-69-46-74(72(111-8)44-66(69)84(106)97-52-87(29-30-87)47-70(97)85(98)107)117-33-13-32-116-73-45-67-65(43-71(73)110-7)83(105)95-50-59(42-61(95)48-89-67)57-20-24-62(109-6)25-21-57/h9-12,14-25,43-46,50,53-55,61,70,78,85,89,107H,13,26-42,47-49,51-52H2,1-8H3,(H,88,100)(H,90,104)(H,91,103)(H,92,101)/t55-,61-,70-,78-,85-/m0/s1. The third-order valence-electron chi connectivity index (χ3n) is 21.9. The first-order valence-electron chi connectivity index (χ1n) is 40.2. The first kappa shape index (κ1) is 84.3. The van der Waals surface area contributed by atoms with Crippen LogP contribution in [0.25, 0.3) is 28.1 Å². The van der Waals surface area contributed by atoms with Gasteiger partial charge in [-0.2, -0.15) is 0 Å². The van der Waals surface area contributed by atoms with Crippen LogP contribution in [0.1, 0.15) is 129 Å². The molecule has 31 nitrogen and oxygen atoms in total. The van der Waals surface area contributed by atoms with Crippen LogP contribution in [-0.2, 0) is 60.8 Å². The fourth-order valence-electron chi connectivity index (χ4n) is 15.3. The molecule has 7 aromatic rings.